The third-order valence-electron chi connectivity index (χ3n) is 2.54. The van der Waals surface area contributed by atoms with Crippen LogP contribution < -0.4 is 11.2 Å². The molecular formula is C12H18N2O5. The Bertz CT molecular complexity index is 532. The minimum atomic E-state index is -0.562. The van der Waals surface area contributed by atoms with Gasteiger partial charge in [0.1, 0.15) is 0 Å². The molecule has 0 fully saturated rings. The van der Waals surface area contributed by atoms with Crippen molar-refractivity contribution in [2.24, 2.45) is 0 Å². The molecule has 0 aromatic carbocycles. The number of carbonyl (C=O) groups is 1. The maximum Gasteiger partial charge on any atom is 0.328 e. The van der Waals surface area contributed by atoms with Crippen molar-refractivity contribution >= 4 is 5.78 Å². The van der Waals surface area contributed by atoms with Gasteiger partial charge in [-0.25, -0.2) is 4.79 Å². The van der Waals surface area contributed by atoms with Gasteiger partial charge in [-0.1, -0.05) is 0 Å². The van der Waals surface area contributed by atoms with E-state index in [9.17, 15) is 14.4 Å². The van der Waals surface area contributed by atoms with E-state index in [1.807, 2.05) is 0 Å². The van der Waals surface area contributed by atoms with E-state index >= 15 is 0 Å². The molecule has 0 aliphatic carbocycles. The standard InChI is InChI=1S/C12H18N2O5/c1-9(15)10-8-13-12(17)14(11(10)16)4-3-5-19-7-6-18-2/h8H,3-7H2,1-2H3,(H,13,17). The highest BCUT2D eigenvalue weighted by atomic mass is 16.5. The summed E-state index contributed by atoms with van der Waals surface area (Å²) >= 11 is 0. The van der Waals surface area contributed by atoms with Crippen LogP contribution in [0.5, 0.6) is 0 Å². The minimum Gasteiger partial charge on any atom is -0.382 e. The summed E-state index contributed by atoms with van der Waals surface area (Å²) in [6, 6.07) is 0. The number of aromatic amines is 1. The normalized spacial score (nSPS) is 10.6. The largest absolute Gasteiger partial charge is 0.382 e. The molecule has 1 aromatic rings. The second kappa shape index (κ2) is 7.65. The number of carbonyl (C=O) groups excluding carboxylic acids is 1. The summed E-state index contributed by atoms with van der Waals surface area (Å²) in [4.78, 5) is 37.0. The van der Waals surface area contributed by atoms with E-state index in [1.165, 1.54) is 6.92 Å². The van der Waals surface area contributed by atoms with Crippen LogP contribution in [0.4, 0.5) is 0 Å². The van der Waals surface area contributed by atoms with E-state index in [0.29, 0.717) is 26.2 Å². The first-order valence-electron chi connectivity index (χ1n) is 5.98. The summed E-state index contributed by atoms with van der Waals surface area (Å²) in [6.07, 6.45) is 1.66. The lowest BCUT2D eigenvalue weighted by atomic mass is 10.2. The summed E-state index contributed by atoms with van der Waals surface area (Å²) in [5.74, 6) is -0.369. The number of ether oxygens (including phenoxy) is 2. The first kappa shape index (κ1) is 15.3. The third kappa shape index (κ3) is 4.46. The molecule has 0 radical (unpaired) electrons. The number of rotatable bonds is 8. The molecule has 0 spiro atoms. The van der Waals surface area contributed by atoms with E-state index in [-0.39, 0.29) is 17.9 Å². The zero-order chi connectivity index (χ0) is 14.3. The van der Waals surface area contributed by atoms with Gasteiger partial charge < -0.3 is 14.5 Å². The molecule has 0 amide bonds. The minimum absolute atomic E-state index is 0.0140. The van der Waals surface area contributed by atoms with E-state index in [1.54, 1.807) is 7.11 Å². The van der Waals surface area contributed by atoms with Gasteiger partial charge in [0.05, 0.1) is 18.8 Å². The van der Waals surface area contributed by atoms with Gasteiger partial charge in [0.2, 0.25) is 0 Å². The van der Waals surface area contributed by atoms with Gasteiger partial charge in [0.25, 0.3) is 5.56 Å². The molecule has 7 heteroatoms. The summed E-state index contributed by atoms with van der Waals surface area (Å²) in [5, 5.41) is 0. The van der Waals surface area contributed by atoms with Gasteiger partial charge >= 0.3 is 5.69 Å². The lowest BCUT2D eigenvalue weighted by Gasteiger charge is -2.06. The van der Waals surface area contributed by atoms with E-state index in [0.717, 1.165) is 10.8 Å². The van der Waals surface area contributed by atoms with Crippen molar-refractivity contribution < 1.29 is 14.3 Å². The van der Waals surface area contributed by atoms with Crippen molar-refractivity contribution in [1.29, 1.82) is 0 Å². The molecule has 1 aromatic heterocycles. The molecule has 7 nitrogen and oxygen atoms in total. The van der Waals surface area contributed by atoms with Crippen molar-refractivity contribution in [2.75, 3.05) is 26.9 Å². The van der Waals surface area contributed by atoms with Crippen LogP contribution >= 0.6 is 0 Å². The molecule has 0 saturated carbocycles. The predicted octanol–water partition coefficient (Wildman–Crippen LogP) is -0.208. The lowest BCUT2D eigenvalue weighted by Crippen LogP contribution is -2.38. The first-order chi connectivity index (χ1) is 9.07. The Morgan fingerprint density at radius 2 is 2.05 bits per heavy atom. The number of H-pyrrole nitrogens is 1. The van der Waals surface area contributed by atoms with Crippen molar-refractivity contribution in [2.45, 2.75) is 19.9 Å². The zero-order valence-electron chi connectivity index (χ0n) is 11.1. The number of hydrogen-bond acceptors (Lipinski definition) is 5. The summed E-state index contributed by atoms with van der Waals surface area (Å²) in [5.41, 5.74) is -1.10. The van der Waals surface area contributed by atoms with Gasteiger partial charge in [-0.05, 0) is 13.3 Å². The Morgan fingerprint density at radius 1 is 1.32 bits per heavy atom. The van der Waals surface area contributed by atoms with Crippen LogP contribution in [0.2, 0.25) is 0 Å². The monoisotopic (exact) mass is 270 g/mol. The molecule has 1 N–H and O–H groups in total. The highest BCUT2D eigenvalue weighted by Gasteiger charge is 2.10. The maximum atomic E-state index is 11.9. The van der Waals surface area contributed by atoms with Crippen molar-refractivity contribution in [3.63, 3.8) is 0 Å². The van der Waals surface area contributed by atoms with Gasteiger partial charge in [-0.15, -0.1) is 0 Å². The Kier molecular flexibility index (Phi) is 6.17. The van der Waals surface area contributed by atoms with Crippen LogP contribution in [0.3, 0.4) is 0 Å². The number of nitrogens with one attached hydrogen (secondary N) is 1. The predicted molar refractivity (Wildman–Crippen MR) is 68.6 cm³/mol. The van der Waals surface area contributed by atoms with Crippen LogP contribution in [0.15, 0.2) is 15.8 Å². The number of ketones is 1. The van der Waals surface area contributed by atoms with Gasteiger partial charge in [0, 0.05) is 26.5 Å². The maximum absolute atomic E-state index is 11.9. The number of nitrogens with zero attached hydrogens (tertiary/aromatic N) is 1. The summed E-state index contributed by atoms with van der Waals surface area (Å²) in [7, 11) is 1.58. The highest BCUT2D eigenvalue weighted by Crippen LogP contribution is 1.90. The van der Waals surface area contributed by atoms with Crippen LogP contribution in [0.25, 0.3) is 0 Å². The van der Waals surface area contributed by atoms with E-state index < -0.39 is 11.2 Å². The van der Waals surface area contributed by atoms with Crippen LogP contribution in [0, 0.1) is 0 Å². The fourth-order valence-corrected chi connectivity index (χ4v) is 1.54. The Labute approximate surface area is 110 Å². The van der Waals surface area contributed by atoms with Crippen molar-refractivity contribution in [3.05, 3.63) is 32.6 Å². The van der Waals surface area contributed by atoms with Crippen LogP contribution in [-0.2, 0) is 16.0 Å². The smallest absolute Gasteiger partial charge is 0.328 e. The zero-order valence-corrected chi connectivity index (χ0v) is 11.1. The Morgan fingerprint density at radius 3 is 2.68 bits per heavy atom. The van der Waals surface area contributed by atoms with Crippen LogP contribution in [-0.4, -0.2) is 42.3 Å². The number of Topliss-reactive ketones (excluding diaryl/α,β-unsaturated/α-hetero) is 1. The molecule has 0 atom stereocenters. The average Bonchev–Trinajstić information content (AvgIpc) is 2.36. The fourth-order valence-electron chi connectivity index (χ4n) is 1.54. The van der Waals surface area contributed by atoms with Gasteiger partial charge in [-0.2, -0.15) is 0 Å². The topological polar surface area (TPSA) is 90.4 Å². The van der Waals surface area contributed by atoms with E-state index in [2.05, 4.69) is 4.98 Å². The van der Waals surface area contributed by atoms with Crippen molar-refractivity contribution in [3.8, 4) is 0 Å². The number of aromatic nitrogens is 2. The molecule has 0 unspecified atom stereocenters. The van der Waals surface area contributed by atoms with Gasteiger partial charge in [-0.3, -0.25) is 14.2 Å². The molecule has 1 rings (SSSR count). The second-order valence-electron chi connectivity index (χ2n) is 3.98. The highest BCUT2D eigenvalue weighted by molar-refractivity contribution is 5.93. The van der Waals surface area contributed by atoms with Gasteiger partial charge in [0.15, 0.2) is 5.78 Å². The SMILES string of the molecule is COCCOCCCn1c(=O)[nH]cc(C(C)=O)c1=O. The molecule has 0 aliphatic rings. The van der Waals surface area contributed by atoms with Crippen LogP contribution in [0.1, 0.15) is 23.7 Å². The molecule has 106 valence electrons. The second-order valence-corrected chi connectivity index (χ2v) is 3.98. The van der Waals surface area contributed by atoms with Crippen molar-refractivity contribution in [1.82, 2.24) is 9.55 Å². The average molecular weight is 270 g/mol. The fraction of sp³-hybridized carbons (Fsp3) is 0.583. The number of hydrogen-bond donors (Lipinski definition) is 1. The summed E-state index contributed by atoms with van der Waals surface area (Å²) < 4.78 is 11.1. The van der Waals surface area contributed by atoms with E-state index in [4.69, 9.17) is 9.47 Å². The summed E-state index contributed by atoms with van der Waals surface area (Å²) in [6.45, 7) is 2.88. The Balaban J connectivity index is 2.63. The molecular weight excluding hydrogens is 252 g/mol. The molecule has 0 bridgehead atoms. The lowest BCUT2D eigenvalue weighted by molar-refractivity contribution is 0.0678. The first-order valence-corrected chi connectivity index (χ1v) is 5.98. The molecule has 19 heavy (non-hydrogen) atoms. The molecule has 1 heterocycles. The Hall–Kier alpha value is -1.73. The molecule has 0 saturated heterocycles. The quantitative estimate of drug-likeness (QED) is 0.521. The third-order valence-corrected chi connectivity index (χ3v) is 2.54. The number of methoxy groups -OCH3 is 1. The molecule has 0 aliphatic heterocycles.